The molecule has 0 radical (unpaired) electrons. The Bertz CT molecular complexity index is 1040. The molecule has 156 valence electrons. The van der Waals surface area contributed by atoms with E-state index in [0.29, 0.717) is 45.8 Å². The summed E-state index contributed by atoms with van der Waals surface area (Å²) in [5.41, 5.74) is 1.94. The summed E-state index contributed by atoms with van der Waals surface area (Å²) in [6.07, 6.45) is 0. The molecule has 0 spiro atoms. The van der Waals surface area contributed by atoms with Gasteiger partial charge in [-0.15, -0.1) is 0 Å². The number of methoxy groups -OCH3 is 4. The molecule has 0 atom stereocenters. The highest BCUT2D eigenvalue weighted by molar-refractivity contribution is 6.10. The second-order valence-corrected chi connectivity index (χ2v) is 6.20. The third-order valence-electron chi connectivity index (χ3n) is 4.40. The number of ether oxygens (including phenoxy) is 4. The number of nitrogens with one attached hydrogen (secondary N) is 1. The molecule has 0 saturated heterocycles. The largest absolute Gasteiger partial charge is 0.497 e. The van der Waals surface area contributed by atoms with Gasteiger partial charge in [-0.25, -0.2) is 9.38 Å². The summed E-state index contributed by atoms with van der Waals surface area (Å²) in [5.74, 6) is 2.58. The predicted octanol–water partition coefficient (Wildman–Crippen LogP) is 5.05. The van der Waals surface area contributed by atoms with Gasteiger partial charge < -0.3 is 24.3 Å². The highest BCUT2D eigenvalue weighted by Gasteiger charge is 2.12. The van der Waals surface area contributed by atoms with Crippen molar-refractivity contribution in [3.8, 4) is 23.0 Å². The van der Waals surface area contributed by atoms with Crippen LogP contribution < -0.4 is 24.3 Å². The molecule has 7 heteroatoms. The van der Waals surface area contributed by atoms with Crippen LogP contribution in [0.2, 0.25) is 0 Å². The molecule has 0 amide bonds. The first-order valence-corrected chi connectivity index (χ1v) is 9.13. The molecule has 0 saturated carbocycles. The fourth-order valence-electron chi connectivity index (χ4n) is 2.80. The quantitative estimate of drug-likeness (QED) is 0.436. The van der Waals surface area contributed by atoms with Crippen molar-refractivity contribution in [1.82, 2.24) is 0 Å². The van der Waals surface area contributed by atoms with Gasteiger partial charge in [-0.1, -0.05) is 0 Å². The van der Waals surface area contributed by atoms with Crippen LogP contribution in [0.5, 0.6) is 23.0 Å². The standard InChI is InChI=1S/C23H23FN2O4/c1-27-17-9-11-19(21(13-17)29-3)25-23(15-5-7-16(24)8-6-15)26-20-12-10-18(28-2)14-22(20)30-4/h5-14H,1-4H3,(H,25,26). The summed E-state index contributed by atoms with van der Waals surface area (Å²) >= 11 is 0. The summed E-state index contributed by atoms with van der Waals surface area (Å²) in [6.45, 7) is 0. The average molecular weight is 410 g/mol. The fraction of sp³-hybridized carbons (Fsp3) is 0.174. The SMILES string of the molecule is COc1ccc(N=C(Nc2ccc(OC)cc2OC)c2ccc(F)cc2)c(OC)c1. The highest BCUT2D eigenvalue weighted by atomic mass is 19.1. The Kier molecular flexibility index (Phi) is 6.75. The van der Waals surface area contributed by atoms with E-state index in [9.17, 15) is 4.39 Å². The maximum absolute atomic E-state index is 13.5. The normalized spacial score (nSPS) is 11.0. The van der Waals surface area contributed by atoms with Crippen LogP contribution in [0.4, 0.5) is 15.8 Å². The second-order valence-electron chi connectivity index (χ2n) is 6.20. The Hall–Kier alpha value is -3.74. The summed E-state index contributed by atoms with van der Waals surface area (Å²) in [6, 6.07) is 16.8. The molecule has 0 fully saturated rings. The van der Waals surface area contributed by atoms with Gasteiger partial charge in [-0.05, 0) is 48.5 Å². The van der Waals surface area contributed by atoms with Crippen LogP contribution in [0.25, 0.3) is 0 Å². The Balaban J connectivity index is 2.08. The van der Waals surface area contributed by atoms with Gasteiger partial charge >= 0.3 is 0 Å². The number of rotatable bonds is 7. The van der Waals surface area contributed by atoms with E-state index in [0.717, 1.165) is 0 Å². The Labute approximate surface area is 174 Å². The molecule has 0 unspecified atom stereocenters. The molecule has 3 aromatic rings. The van der Waals surface area contributed by atoms with E-state index in [2.05, 4.69) is 5.32 Å². The van der Waals surface area contributed by atoms with Crippen molar-refractivity contribution in [3.63, 3.8) is 0 Å². The van der Waals surface area contributed by atoms with Crippen LogP contribution >= 0.6 is 0 Å². The molecule has 0 aliphatic rings. The van der Waals surface area contributed by atoms with Gasteiger partial charge in [0, 0.05) is 17.7 Å². The van der Waals surface area contributed by atoms with Gasteiger partial charge in [0.25, 0.3) is 0 Å². The van der Waals surface area contributed by atoms with Crippen LogP contribution in [0.3, 0.4) is 0 Å². The lowest BCUT2D eigenvalue weighted by Gasteiger charge is -2.15. The van der Waals surface area contributed by atoms with E-state index in [1.165, 1.54) is 12.1 Å². The Morgan fingerprint density at radius 3 is 1.93 bits per heavy atom. The lowest BCUT2D eigenvalue weighted by molar-refractivity contribution is 0.395. The van der Waals surface area contributed by atoms with Crippen LogP contribution in [-0.2, 0) is 0 Å². The monoisotopic (exact) mass is 410 g/mol. The summed E-state index contributed by atoms with van der Waals surface area (Å²) in [5, 5.41) is 3.27. The maximum Gasteiger partial charge on any atom is 0.148 e. The first-order valence-electron chi connectivity index (χ1n) is 9.13. The number of benzene rings is 3. The zero-order chi connectivity index (χ0) is 21.5. The predicted molar refractivity (Wildman–Crippen MR) is 115 cm³/mol. The minimum absolute atomic E-state index is 0.331. The Morgan fingerprint density at radius 2 is 1.33 bits per heavy atom. The molecule has 30 heavy (non-hydrogen) atoms. The van der Waals surface area contributed by atoms with Crippen molar-refractivity contribution in [2.75, 3.05) is 33.8 Å². The summed E-state index contributed by atoms with van der Waals surface area (Å²) in [7, 11) is 6.30. The highest BCUT2D eigenvalue weighted by Crippen LogP contribution is 2.33. The van der Waals surface area contributed by atoms with Gasteiger partial charge in [-0.3, -0.25) is 0 Å². The smallest absolute Gasteiger partial charge is 0.148 e. The molecule has 0 heterocycles. The van der Waals surface area contributed by atoms with E-state index >= 15 is 0 Å². The van der Waals surface area contributed by atoms with Crippen molar-refractivity contribution in [2.24, 2.45) is 4.99 Å². The number of hydrogen-bond donors (Lipinski definition) is 1. The van der Waals surface area contributed by atoms with Crippen molar-refractivity contribution in [2.45, 2.75) is 0 Å². The van der Waals surface area contributed by atoms with Crippen LogP contribution in [0, 0.1) is 5.82 Å². The minimum atomic E-state index is -0.331. The van der Waals surface area contributed by atoms with Crippen molar-refractivity contribution in [1.29, 1.82) is 0 Å². The number of aliphatic imine (C=N–C) groups is 1. The van der Waals surface area contributed by atoms with Crippen LogP contribution in [0.1, 0.15) is 5.56 Å². The summed E-state index contributed by atoms with van der Waals surface area (Å²) in [4.78, 5) is 4.73. The number of halogens is 1. The van der Waals surface area contributed by atoms with E-state index < -0.39 is 0 Å². The van der Waals surface area contributed by atoms with E-state index in [1.807, 2.05) is 6.07 Å². The molecule has 3 aromatic carbocycles. The molecule has 0 aromatic heterocycles. The number of hydrogen-bond acceptors (Lipinski definition) is 5. The third-order valence-corrected chi connectivity index (χ3v) is 4.40. The fourth-order valence-corrected chi connectivity index (χ4v) is 2.80. The van der Waals surface area contributed by atoms with Gasteiger partial charge in [0.15, 0.2) is 0 Å². The summed E-state index contributed by atoms with van der Waals surface area (Å²) < 4.78 is 34.9. The molecule has 1 N–H and O–H groups in total. The van der Waals surface area contributed by atoms with Gasteiger partial charge in [0.2, 0.25) is 0 Å². The third kappa shape index (κ3) is 4.81. The van der Waals surface area contributed by atoms with Gasteiger partial charge in [0.05, 0.1) is 34.1 Å². The van der Waals surface area contributed by atoms with E-state index in [4.69, 9.17) is 23.9 Å². The molecule has 0 aliphatic heterocycles. The maximum atomic E-state index is 13.5. The first kappa shape index (κ1) is 21.0. The topological polar surface area (TPSA) is 61.3 Å². The average Bonchev–Trinajstić information content (AvgIpc) is 2.79. The van der Waals surface area contributed by atoms with Crippen molar-refractivity contribution >= 4 is 17.2 Å². The molecular formula is C23H23FN2O4. The molecule has 3 rings (SSSR count). The minimum Gasteiger partial charge on any atom is -0.497 e. The lowest BCUT2D eigenvalue weighted by atomic mass is 10.1. The molecule has 0 bridgehead atoms. The van der Waals surface area contributed by atoms with Gasteiger partial charge in [-0.2, -0.15) is 0 Å². The number of nitrogens with zero attached hydrogens (tertiary/aromatic N) is 1. The van der Waals surface area contributed by atoms with Crippen LogP contribution in [0.15, 0.2) is 65.7 Å². The second kappa shape index (κ2) is 9.65. The zero-order valence-corrected chi connectivity index (χ0v) is 17.2. The number of amidine groups is 1. The van der Waals surface area contributed by atoms with Crippen molar-refractivity contribution < 1.29 is 23.3 Å². The molecular weight excluding hydrogens is 387 g/mol. The first-order chi connectivity index (χ1) is 14.6. The molecule has 6 nitrogen and oxygen atoms in total. The molecule has 0 aliphatic carbocycles. The zero-order valence-electron chi connectivity index (χ0n) is 17.2. The lowest BCUT2D eigenvalue weighted by Crippen LogP contribution is -2.14. The van der Waals surface area contributed by atoms with Crippen molar-refractivity contribution in [3.05, 3.63) is 72.0 Å². The van der Waals surface area contributed by atoms with Crippen LogP contribution in [-0.4, -0.2) is 34.3 Å². The van der Waals surface area contributed by atoms with E-state index in [1.54, 1.807) is 70.9 Å². The van der Waals surface area contributed by atoms with Gasteiger partial charge in [0.1, 0.15) is 40.3 Å². The Morgan fingerprint density at radius 1 is 0.733 bits per heavy atom. The van der Waals surface area contributed by atoms with E-state index in [-0.39, 0.29) is 5.82 Å². The number of anilines is 1.